The first-order valence-electron chi connectivity index (χ1n) is 5.49. The minimum Gasteiger partial charge on any atom is -0.379 e. The summed E-state index contributed by atoms with van der Waals surface area (Å²) in [5.74, 6) is -3.16. The van der Waals surface area contributed by atoms with Crippen LogP contribution >= 0.6 is 7.94 Å². The Balaban J connectivity index is 2.59. The molecular weight excluding hydrogens is 273 g/mol. The van der Waals surface area contributed by atoms with Crippen molar-refractivity contribution >= 4 is 19.4 Å². The minimum absolute atomic E-state index is 0.316. The summed E-state index contributed by atoms with van der Waals surface area (Å²) < 4.78 is 0. The first kappa shape index (κ1) is 16.0. The number of nitrogens with one attached hydrogen (secondary N) is 1. The Morgan fingerprint density at radius 3 is 2.37 bits per heavy atom. The second-order valence-electron chi connectivity index (χ2n) is 4.11. The molecule has 0 aromatic heterocycles. The van der Waals surface area contributed by atoms with E-state index < -0.39 is 25.7 Å². The number of aliphatic hydroxyl groups excluding tert-OH is 2. The number of hydrogen-bond acceptors (Lipinski definition) is 7. The third-order valence-corrected chi connectivity index (χ3v) is 3.56. The van der Waals surface area contributed by atoms with E-state index in [2.05, 4.69) is 5.32 Å². The van der Waals surface area contributed by atoms with Crippen molar-refractivity contribution in [1.82, 2.24) is 0 Å². The molecule has 1 aromatic rings. The van der Waals surface area contributed by atoms with Crippen LogP contribution < -0.4 is 5.32 Å². The van der Waals surface area contributed by atoms with E-state index in [-0.39, 0.29) is 6.54 Å². The molecule has 1 aromatic carbocycles. The van der Waals surface area contributed by atoms with E-state index in [1.807, 2.05) is 19.1 Å². The molecule has 0 aliphatic heterocycles. The number of benzene rings is 1. The van der Waals surface area contributed by atoms with E-state index in [1.165, 1.54) is 0 Å². The van der Waals surface area contributed by atoms with Crippen LogP contribution in [-0.2, 0) is 4.79 Å². The number of hydrogen-bond donors (Lipinski definition) is 6. The predicted octanol–water partition coefficient (Wildman–Crippen LogP) is -0.605. The second kappa shape index (κ2) is 6.38. The van der Waals surface area contributed by atoms with Crippen molar-refractivity contribution in [3.05, 3.63) is 29.8 Å². The van der Waals surface area contributed by atoms with Gasteiger partial charge in [-0.25, -0.2) is 0 Å². The minimum atomic E-state index is -4.66. The van der Waals surface area contributed by atoms with E-state index in [9.17, 15) is 15.0 Å². The van der Waals surface area contributed by atoms with E-state index in [0.717, 1.165) is 5.56 Å². The van der Waals surface area contributed by atoms with Crippen LogP contribution in [0.5, 0.6) is 0 Å². The fourth-order valence-electron chi connectivity index (χ4n) is 1.41. The van der Waals surface area contributed by atoms with Gasteiger partial charge in [0.1, 0.15) is 0 Å². The molecule has 0 fully saturated rings. The molecule has 0 bridgehead atoms. The first-order valence-corrected chi connectivity index (χ1v) is 7.20. The van der Waals surface area contributed by atoms with E-state index in [0.29, 0.717) is 5.69 Å². The van der Waals surface area contributed by atoms with Crippen LogP contribution in [0.2, 0.25) is 0 Å². The van der Waals surface area contributed by atoms with Crippen LogP contribution in [-0.4, -0.2) is 49.2 Å². The predicted molar refractivity (Wildman–Crippen MR) is 70.3 cm³/mol. The van der Waals surface area contributed by atoms with Gasteiger partial charge in [-0.2, -0.15) is 14.7 Å². The smallest absolute Gasteiger partial charge is 0.379 e. The van der Waals surface area contributed by atoms with Crippen LogP contribution in [0.4, 0.5) is 5.69 Å². The lowest BCUT2D eigenvalue weighted by Crippen LogP contribution is -2.38. The molecule has 8 heteroatoms. The molecule has 0 radical (unpaired) electrons. The summed E-state index contributed by atoms with van der Waals surface area (Å²) in [6.07, 6.45) is -2.06. The lowest BCUT2D eigenvalue weighted by atomic mass is 10.2. The molecule has 0 amide bonds. The van der Waals surface area contributed by atoms with Crippen LogP contribution in [0.3, 0.4) is 0 Å². The van der Waals surface area contributed by atoms with Gasteiger partial charge in [0.2, 0.25) is 0 Å². The summed E-state index contributed by atoms with van der Waals surface area (Å²) in [6.45, 7) is 1.51. The average molecular weight is 290 g/mol. The standard InChI is InChI=1S/C11H17NO6P/c1-7-4-2-3-5-8(7)12-6-9(13)10(14)11(15)19(16,17)18/h2-5,10-12,14-18H,6H2,1H3/q+1. The molecule has 6 N–H and O–H groups in total. The SMILES string of the molecule is Cc1ccccc1NCC(=O)C(O)C(O)[P+](O)(O)O. The van der Waals surface area contributed by atoms with Crippen molar-refractivity contribution < 1.29 is 29.7 Å². The lowest BCUT2D eigenvalue weighted by Gasteiger charge is -2.17. The zero-order chi connectivity index (χ0) is 14.6. The fourth-order valence-corrected chi connectivity index (χ4v) is 1.96. The number of anilines is 1. The van der Waals surface area contributed by atoms with Crippen molar-refractivity contribution in [3.63, 3.8) is 0 Å². The largest absolute Gasteiger partial charge is 0.438 e. The number of ketones is 1. The van der Waals surface area contributed by atoms with E-state index in [4.69, 9.17) is 14.7 Å². The number of Topliss-reactive ketones (excluding diaryl/α,β-unsaturated/α-hetero) is 1. The third-order valence-electron chi connectivity index (χ3n) is 2.57. The van der Waals surface area contributed by atoms with Crippen LogP contribution in [0.25, 0.3) is 0 Å². The Bertz CT molecular complexity index is 447. The molecule has 2 unspecified atom stereocenters. The summed E-state index contributed by atoms with van der Waals surface area (Å²) in [5, 5.41) is 21.3. The lowest BCUT2D eigenvalue weighted by molar-refractivity contribution is -0.129. The second-order valence-corrected chi connectivity index (χ2v) is 5.87. The molecule has 0 aliphatic rings. The molecule has 19 heavy (non-hydrogen) atoms. The Kier molecular flexibility index (Phi) is 5.37. The van der Waals surface area contributed by atoms with Crippen LogP contribution in [0, 0.1) is 6.92 Å². The molecule has 0 aliphatic carbocycles. The number of aliphatic hydroxyl groups is 2. The van der Waals surface area contributed by atoms with Crippen molar-refractivity contribution in [2.24, 2.45) is 0 Å². The first-order chi connectivity index (χ1) is 8.73. The van der Waals surface area contributed by atoms with Gasteiger partial charge in [0.25, 0.3) is 5.85 Å². The maximum atomic E-state index is 11.5. The quantitative estimate of drug-likeness (QED) is 0.385. The summed E-state index contributed by atoms with van der Waals surface area (Å²) in [5.41, 5.74) is 1.56. The highest BCUT2D eigenvalue weighted by Gasteiger charge is 2.48. The maximum Gasteiger partial charge on any atom is 0.438 e. The Labute approximate surface area is 110 Å². The molecule has 0 heterocycles. The van der Waals surface area contributed by atoms with Gasteiger partial charge in [-0.15, -0.1) is 0 Å². The van der Waals surface area contributed by atoms with Crippen molar-refractivity contribution in [2.75, 3.05) is 11.9 Å². The highest BCUT2D eigenvalue weighted by atomic mass is 31.2. The monoisotopic (exact) mass is 290 g/mol. The number of carbonyl (C=O) groups is 1. The Hall–Kier alpha value is -1.08. The zero-order valence-corrected chi connectivity index (χ0v) is 11.2. The summed E-state index contributed by atoms with van der Waals surface area (Å²) >= 11 is 0. The van der Waals surface area contributed by atoms with Gasteiger partial charge in [-0.1, -0.05) is 18.2 Å². The summed E-state index contributed by atoms with van der Waals surface area (Å²) in [4.78, 5) is 37.9. The molecule has 7 nitrogen and oxygen atoms in total. The van der Waals surface area contributed by atoms with Gasteiger partial charge in [0.05, 0.1) is 6.54 Å². The van der Waals surface area contributed by atoms with Gasteiger partial charge in [-0.05, 0) is 18.6 Å². The Morgan fingerprint density at radius 2 is 1.84 bits per heavy atom. The number of rotatable bonds is 6. The van der Waals surface area contributed by atoms with Gasteiger partial charge >= 0.3 is 7.94 Å². The molecule has 106 valence electrons. The zero-order valence-electron chi connectivity index (χ0n) is 10.3. The van der Waals surface area contributed by atoms with Gasteiger partial charge in [0.15, 0.2) is 11.9 Å². The van der Waals surface area contributed by atoms with Crippen molar-refractivity contribution in [2.45, 2.75) is 18.9 Å². The maximum absolute atomic E-state index is 11.5. The molecule has 1 rings (SSSR count). The van der Waals surface area contributed by atoms with Crippen LogP contribution in [0.1, 0.15) is 5.56 Å². The van der Waals surface area contributed by atoms with Crippen molar-refractivity contribution in [1.29, 1.82) is 0 Å². The van der Waals surface area contributed by atoms with E-state index >= 15 is 0 Å². The Morgan fingerprint density at radius 1 is 1.26 bits per heavy atom. The van der Waals surface area contributed by atoms with Gasteiger partial charge in [0, 0.05) is 5.69 Å². The fraction of sp³-hybridized carbons (Fsp3) is 0.364. The highest BCUT2D eigenvalue weighted by molar-refractivity contribution is 7.59. The molecule has 0 saturated carbocycles. The van der Waals surface area contributed by atoms with Crippen LogP contribution in [0.15, 0.2) is 24.3 Å². The summed E-state index contributed by atoms with van der Waals surface area (Å²) in [6, 6.07) is 7.14. The van der Waals surface area contributed by atoms with Gasteiger partial charge in [-0.3, -0.25) is 4.79 Å². The normalized spacial score (nSPS) is 14.8. The van der Waals surface area contributed by atoms with E-state index in [1.54, 1.807) is 12.1 Å². The number of carbonyl (C=O) groups excluding carboxylic acids is 1. The molecular formula is C11H17NO6P+. The summed E-state index contributed by atoms with van der Waals surface area (Å²) in [7, 11) is -4.66. The topological polar surface area (TPSA) is 130 Å². The number of aryl methyl sites for hydroxylation is 1. The number of para-hydroxylation sites is 1. The molecule has 0 saturated heterocycles. The highest BCUT2D eigenvalue weighted by Crippen LogP contribution is 2.50. The average Bonchev–Trinajstić information content (AvgIpc) is 2.34. The molecule has 0 spiro atoms. The van der Waals surface area contributed by atoms with Gasteiger partial charge < -0.3 is 15.5 Å². The van der Waals surface area contributed by atoms with Crippen molar-refractivity contribution in [3.8, 4) is 0 Å². The molecule has 2 atom stereocenters. The third kappa shape index (κ3) is 4.50.